The van der Waals surface area contributed by atoms with Gasteiger partial charge in [-0.2, -0.15) is 0 Å². The summed E-state index contributed by atoms with van der Waals surface area (Å²) >= 11 is -0.698. The maximum absolute atomic E-state index is 11.6. The molecule has 4 rings (SSSR count). The molecule has 3 aromatic carbocycles. The van der Waals surface area contributed by atoms with E-state index in [1.165, 1.54) is 32.7 Å². The fourth-order valence-electron chi connectivity index (χ4n) is 2.75. The highest BCUT2D eigenvalue weighted by Crippen LogP contribution is 2.31. The molecular weight excluding hydrogens is 240 g/mol. The third-order valence-electron chi connectivity index (χ3n) is 3.66. The molecule has 0 saturated heterocycles. The van der Waals surface area contributed by atoms with Gasteiger partial charge in [0.05, 0.1) is 0 Å². The van der Waals surface area contributed by atoms with Crippen LogP contribution in [0.5, 0.6) is 0 Å². The quantitative estimate of drug-likeness (QED) is 0.441. The standard InChI is InChI=1S/C16H12OS/c17-18-9-15-7-13-5-11-3-1-2-4-12(11)6-14(13)8-16(15)10-18/h1-8H,9-10H2. The lowest BCUT2D eigenvalue weighted by molar-refractivity contribution is 0.597. The molecule has 0 spiro atoms. The largest absolute Gasteiger partial charge is 0.616 e. The lowest BCUT2D eigenvalue weighted by Crippen LogP contribution is -1.95. The molecule has 0 N–H and O–H groups in total. The summed E-state index contributed by atoms with van der Waals surface area (Å²) < 4.78 is 11.6. The van der Waals surface area contributed by atoms with Gasteiger partial charge in [0, 0.05) is 11.1 Å². The van der Waals surface area contributed by atoms with E-state index >= 15 is 0 Å². The van der Waals surface area contributed by atoms with E-state index in [1.807, 2.05) is 0 Å². The van der Waals surface area contributed by atoms with Crippen molar-refractivity contribution in [2.45, 2.75) is 11.5 Å². The van der Waals surface area contributed by atoms with Crippen LogP contribution in [0.2, 0.25) is 0 Å². The molecule has 0 fully saturated rings. The zero-order chi connectivity index (χ0) is 12.1. The Morgan fingerprint density at radius 3 is 1.72 bits per heavy atom. The first kappa shape index (κ1) is 10.4. The van der Waals surface area contributed by atoms with Gasteiger partial charge >= 0.3 is 0 Å². The Hall–Kier alpha value is -1.51. The van der Waals surface area contributed by atoms with Crippen LogP contribution in [0.15, 0.2) is 48.5 Å². The molecule has 0 unspecified atom stereocenters. The third-order valence-corrected chi connectivity index (χ3v) is 4.92. The zero-order valence-corrected chi connectivity index (χ0v) is 10.7. The average Bonchev–Trinajstić information content (AvgIpc) is 2.72. The molecule has 2 heteroatoms. The maximum atomic E-state index is 11.6. The molecule has 1 nitrogen and oxygen atoms in total. The van der Waals surface area contributed by atoms with Crippen LogP contribution in [0.25, 0.3) is 21.5 Å². The van der Waals surface area contributed by atoms with Gasteiger partial charge in [0.1, 0.15) is 11.5 Å². The minimum Gasteiger partial charge on any atom is -0.616 e. The van der Waals surface area contributed by atoms with Crippen LogP contribution in [0.3, 0.4) is 0 Å². The van der Waals surface area contributed by atoms with Crippen LogP contribution in [0, 0.1) is 0 Å². The highest BCUT2D eigenvalue weighted by Gasteiger charge is 2.22. The predicted molar refractivity (Wildman–Crippen MR) is 77.0 cm³/mol. The molecule has 0 aromatic heterocycles. The highest BCUT2D eigenvalue weighted by molar-refractivity contribution is 7.90. The molecule has 88 valence electrons. The van der Waals surface area contributed by atoms with E-state index in [0.717, 1.165) is 11.5 Å². The van der Waals surface area contributed by atoms with Gasteiger partial charge in [-0.15, -0.1) is 0 Å². The summed E-state index contributed by atoms with van der Waals surface area (Å²) in [6, 6.07) is 17.3. The van der Waals surface area contributed by atoms with Crippen LogP contribution < -0.4 is 0 Å². The van der Waals surface area contributed by atoms with Gasteiger partial charge in [-0.1, -0.05) is 24.3 Å². The van der Waals surface area contributed by atoms with E-state index in [2.05, 4.69) is 48.5 Å². The predicted octanol–water partition coefficient (Wildman–Crippen LogP) is 3.76. The van der Waals surface area contributed by atoms with Crippen molar-refractivity contribution < 1.29 is 4.55 Å². The molecule has 0 saturated carbocycles. The second-order valence-electron chi connectivity index (χ2n) is 4.90. The van der Waals surface area contributed by atoms with Crippen molar-refractivity contribution in [2.75, 3.05) is 0 Å². The van der Waals surface area contributed by atoms with Gasteiger partial charge in [-0.25, -0.2) is 0 Å². The van der Waals surface area contributed by atoms with Crippen LogP contribution >= 0.6 is 0 Å². The second-order valence-corrected chi connectivity index (χ2v) is 6.35. The zero-order valence-electron chi connectivity index (χ0n) is 9.85. The molecule has 1 aliphatic rings. The minimum absolute atomic E-state index is 0.698. The molecule has 1 aliphatic heterocycles. The van der Waals surface area contributed by atoms with Crippen LogP contribution in [-0.2, 0) is 22.7 Å². The Labute approximate surface area is 109 Å². The number of benzene rings is 3. The number of rotatable bonds is 0. The molecule has 0 amide bonds. The smallest absolute Gasteiger partial charge is 0.131 e. The van der Waals surface area contributed by atoms with Crippen molar-refractivity contribution in [3.8, 4) is 0 Å². The van der Waals surface area contributed by atoms with E-state index in [1.54, 1.807) is 0 Å². The first-order chi connectivity index (χ1) is 8.79. The Kier molecular flexibility index (Phi) is 2.16. The summed E-state index contributed by atoms with van der Waals surface area (Å²) in [5.41, 5.74) is 2.52. The van der Waals surface area contributed by atoms with E-state index in [-0.39, 0.29) is 0 Å². The first-order valence-electron chi connectivity index (χ1n) is 6.09. The van der Waals surface area contributed by atoms with Crippen LogP contribution in [0.4, 0.5) is 0 Å². The monoisotopic (exact) mass is 252 g/mol. The molecule has 0 aliphatic carbocycles. The summed E-state index contributed by atoms with van der Waals surface area (Å²) in [6.45, 7) is 0. The number of hydrogen-bond acceptors (Lipinski definition) is 1. The molecule has 18 heavy (non-hydrogen) atoms. The van der Waals surface area contributed by atoms with Gasteiger partial charge in [-0.3, -0.25) is 0 Å². The van der Waals surface area contributed by atoms with Crippen molar-refractivity contribution in [1.29, 1.82) is 0 Å². The van der Waals surface area contributed by atoms with Crippen molar-refractivity contribution >= 4 is 32.7 Å². The van der Waals surface area contributed by atoms with Crippen LogP contribution in [0.1, 0.15) is 11.1 Å². The molecule has 0 atom stereocenters. The molecular formula is C16H12OS. The lowest BCUT2D eigenvalue weighted by Gasteiger charge is -2.04. The van der Waals surface area contributed by atoms with Crippen molar-refractivity contribution in [1.82, 2.24) is 0 Å². The van der Waals surface area contributed by atoms with E-state index in [4.69, 9.17) is 0 Å². The fourth-order valence-corrected chi connectivity index (χ4v) is 4.09. The SMILES string of the molecule is [O-][S+]1Cc2cc3cc4ccccc4cc3cc2C1. The molecule has 0 radical (unpaired) electrons. The molecule has 1 heterocycles. The molecule has 3 aromatic rings. The molecule has 0 bridgehead atoms. The summed E-state index contributed by atoms with van der Waals surface area (Å²) in [7, 11) is 0. The summed E-state index contributed by atoms with van der Waals surface area (Å²) in [6.07, 6.45) is 0. The van der Waals surface area contributed by atoms with Crippen molar-refractivity contribution in [3.05, 3.63) is 59.7 Å². The average molecular weight is 252 g/mol. The maximum Gasteiger partial charge on any atom is 0.131 e. The first-order valence-corrected chi connectivity index (χ1v) is 7.58. The summed E-state index contributed by atoms with van der Waals surface area (Å²) in [5, 5.41) is 5.05. The van der Waals surface area contributed by atoms with Gasteiger partial charge in [0.15, 0.2) is 0 Å². The Morgan fingerprint density at radius 2 is 1.22 bits per heavy atom. The van der Waals surface area contributed by atoms with Gasteiger partial charge < -0.3 is 4.55 Å². The van der Waals surface area contributed by atoms with Gasteiger partial charge in [0.25, 0.3) is 0 Å². The second kappa shape index (κ2) is 3.74. The topological polar surface area (TPSA) is 23.1 Å². The number of hydrogen-bond donors (Lipinski definition) is 0. The Bertz CT molecular complexity index is 699. The minimum atomic E-state index is -0.698. The van der Waals surface area contributed by atoms with Crippen molar-refractivity contribution in [2.24, 2.45) is 0 Å². The van der Waals surface area contributed by atoms with Gasteiger partial charge in [0.2, 0.25) is 0 Å². The Morgan fingerprint density at radius 1 is 0.722 bits per heavy atom. The van der Waals surface area contributed by atoms with Gasteiger partial charge in [-0.05, 0) is 57.0 Å². The van der Waals surface area contributed by atoms with E-state index < -0.39 is 11.2 Å². The summed E-state index contributed by atoms with van der Waals surface area (Å²) in [5.74, 6) is 1.44. The highest BCUT2D eigenvalue weighted by atomic mass is 32.2. The lowest BCUT2D eigenvalue weighted by atomic mass is 9.99. The van der Waals surface area contributed by atoms with Crippen LogP contribution in [-0.4, -0.2) is 4.55 Å². The van der Waals surface area contributed by atoms with Crippen molar-refractivity contribution in [3.63, 3.8) is 0 Å². The van der Waals surface area contributed by atoms with E-state index in [0.29, 0.717) is 0 Å². The van der Waals surface area contributed by atoms with E-state index in [9.17, 15) is 4.55 Å². The number of fused-ring (bicyclic) bond motifs is 3. The third kappa shape index (κ3) is 1.53. The summed E-state index contributed by atoms with van der Waals surface area (Å²) in [4.78, 5) is 0. The Balaban J connectivity index is 2.05. The normalized spacial score (nSPS) is 15.4. The fraction of sp³-hybridized carbons (Fsp3) is 0.125.